The predicted octanol–water partition coefficient (Wildman–Crippen LogP) is 3.16. The summed E-state index contributed by atoms with van der Waals surface area (Å²) in [7, 11) is 1.61. The molecule has 2 aromatic carbocycles. The van der Waals surface area contributed by atoms with Gasteiger partial charge in [0.1, 0.15) is 5.69 Å². The van der Waals surface area contributed by atoms with Crippen LogP contribution < -0.4 is 10.2 Å². The highest BCUT2D eigenvalue weighted by atomic mass is 35.5. The summed E-state index contributed by atoms with van der Waals surface area (Å²) >= 11 is 5.91. The fourth-order valence-corrected chi connectivity index (χ4v) is 4.03. The number of amides is 2. The molecule has 3 rings (SSSR count). The number of anilines is 2. The maximum absolute atomic E-state index is 12.9. The Morgan fingerprint density at radius 2 is 1.79 bits per heavy atom. The molecule has 0 radical (unpaired) electrons. The van der Waals surface area contributed by atoms with Gasteiger partial charge in [0.25, 0.3) is 5.69 Å². The number of nitrogens with one attached hydrogen (secondary N) is 1. The van der Waals surface area contributed by atoms with Crippen LogP contribution in [0.4, 0.5) is 17.1 Å². The average molecular weight is 474 g/mol. The summed E-state index contributed by atoms with van der Waals surface area (Å²) < 4.78 is 0. The highest BCUT2D eigenvalue weighted by molar-refractivity contribution is 6.30. The Hall–Kier alpha value is -3.17. The SMILES string of the molecule is Cc1ccc(NC(=O)CN(C)C(=O)C(C)N2CCN(c3ccc(Cl)cc3[N+](=O)[O-])CC2)cc1. The summed E-state index contributed by atoms with van der Waals surface area (Å²) in [6, 6.07) is 11.7. The van der Waals surface area contributed by atoms with E-state index in [1.807, 2.05) is 47.9 Å². The second-order valence-corrected chi connectivity index (χ2v) is 8.63. The predicted molar refractivity (Wildman–Crippen MR) is 129 cm³/mol. The third-order valence-electron chi connectivity index (χ3n) is 5.79. The van der Waals surface area contributed by atoms with Crippen molar-refractivity contribution in [3.8, 4) is 0 Å². The molecule has 0 aromatic heterocycles. The fraction of sp³-hybridized carbons (Fsp3) is 0.391. The van der Waals surface area contributed by atoms with Gasteiger partial charge in [-0.2, -0.15) is 0 Å². The number of rotatable bonds is 7. The zero-order chi connectivity index (χ0) is 24.1. The number of likely N-dealkylation sites (N-methyl/N-ethyl adjacent to an activating group) is 1. The minimum absolute atomic E-state index is 0.0283. The summed E-state index contributed by atoms with van der Waals surface area (Å²) in [6.45, 7) is 5.95. The van der Waals surface area contributed by atoms with Crippen molar-refractivity contribution in [3.05, 3.63) is 63.2 Å². The topological polar surface area (TPSA) is 99.0 Å². The molecule has 1 unspecified atom stereocenters. The van der Waals surface area contributed by atoms with Gasteiger partial charge in [-0.3, -0.25) is 24.6 Å². The van der Waals surface area contributed by atoms with Crippen LogP contribution in [-0.4, -0.2) is 72.4 Å². The van der Waals surface area contributed by atoms with E-state index < -0.39 is 11.0 Å². The molecule has 0 bridgehead atoms. The lowest BCUT2D eigenvalue weighted by atomic mass is 10.1. The molecule has 1 aliphatic rings. The Morgan fingerprint density at radius 3 is 2.39 bits per heavy atom. The number of nitrogens with zero attached hydrogens (tertiary/aromatic N) is 4. The van der Waals surface area contributed by atoms with Crippen LogP contribution in [0.3, 0.4) is 0 Å². The van der Waals surface area contributed by atoms with Crippen molar-refractivity contribution in [2.24, 2.45) is 0 Å². The van der Waals surface area contributed by atoms with E-state index in [1.54, 1.807) is 19.2 Å². The Kier molecular flexibility index (Phi) is 7.88. The molecule has 10 heteroatoms. The second-order valence-electron chi connectivity index (χ2n) is 8.20. The van der Waals surface area contributed by atoms with Crippen LogP contribution >= 0.6 is 11.6 Å². The molecule has 1 heterocycles. The lowest BCUT2D eigenvalue weighted by molar-refractivity contribution is -0.384. The molecule has 1 saturated heterocycles. The van der Waals surface area contributed by atoms with Gasteiger partial charge < -0.3 is 15.1 Å². The second kappa shape index (κ2) is 10.6. The van der Waals surface area contributed by atoms with Gasteiger partial charge in [0.05, 0.1) is 17.5 Å². The highest BCUT2D eigenvalue weighted by Gasteiger charge is 2.30. The van der Waals surface area contributed by atoms with Crippen molar-refractivity contribution in [1.29, 1.82) is 0 Å². The lowest BCUT2D eigenvalue weighted by Gasteiger charge is -2.39. The van der Waals surface area contributed by atoms with Gasteiger partial charge in [0, 0.05) is 50.0 Å². The number of nitro benzene ring substituents is 1. The van der Waals surface area contributed by atoms with Crippen LogP contribution in [-0.2, 0) is 9.59 Å². The van der Waals surface area contributed by atoms with Gasteiger partial charge in [0.2, 0.25) is 11.8 Å². The molecule has 1 aliphatic heterocycles. The average Bonchev–Trinajstić information content (AvgIpc) is 2.79. The third kappa shape index (κ3) is 6.21. The number of carbonyl (C=O) groups is 2. The molecule has 33 heavy (non-hydrogen) atoms. The summed E-state index contributed by atoms with van der Waals surface area (Å²) in [4.78, 5) is 41.6. The molecular formula is C23H28ClN5O4. The maximum Gasteiger partial charge on any atom is 0.294 e. The smallest absolute Gasteiger partial charge is 0.294 e. The number of hydrogen-bond donors (Lipinski definition) is 1. The number of benzene rings is 2. The van der Waals surface area contributed by atoms with Gasteiger partial charge >= 0.3 is 0 Å². The molecule has 9 nitrogen and oxygen atoms in total. The van der Waals surface area contributed by atoms with E-state index in [2.05, 4.69) is 5.32 Å². The largest absolute Gasteiger partial charge is 0.363 e. The van der Waals surface area contributed by atoms with E-state index in [0.717, 1.165) is 5.56 Å². The van der Waals surface area contributed by atoms with Gasteiger partial charge in [-0.15, -0.1) is 0 Å². The standard InChI is InChI=1S/C23H28ClN5O4/c1-16-4-7-19(8-5-16)25-22(30)15-26(3)23(31)17(2)27-10-12-28(13-11-27)20-9-6-18(24)14-21(20)29(32)33/h4-9,14,17H,10-13,15H2,1-3H3,(H,25,30). The quantitative estimate of drug-likeness (QED) is 0.490. The number of nitro groups is 1. The van der Waals surface area contributed by atoms with Crippen LogP contribution in [0.1, 0.15) is 12.5 Å². The van der Waals surface area contributed by atoms with Crippen LogP contribution in [0.2, 0.25) is 5.02 Å². The Bertz CT molecular complexity index is 1020. The number of halogens is 1. The first-order valence-electron chi connectivity index (χ1n) is 10.7. The zero-order valence-electron chi connectivity index (χ0n) is 19.0. The monoisotopic (exact) mass is 473 g/mol. The molecule has 176 valence electrons. The van der Waals surface area contributed by atoms with Crippen LogP contribution in [0.5, 0.6) is 0 Å². The maximum atomic E-state index is 12.9. The minimum Gasteiger partial charge on any atom is -0.363 e. The normalized spacial score (nSPS) is 15.1. The summed E-state index contributed by atoms with van der Waals surface area (Å²) in [5.74, 6) is -0.415. The first-order chi connectivity index (χ1) is 15.7. The molecule has 1 N–H and O–H groups in total. The van der Waals surface area contributed by atoms with Gasteiger partial charge in [-0.25, -0.2) is 0 Å². The van der Waals surface area contributed by atoms with E-state index in [-0.39, 0.29) is 24.0 Å². The van der Waals surface area contributed by atoms with E-state index in [9.17, 15) is 19.7 Å². The molecule has 2 aromatic rings. The molecule has 0 spiro atoms. The summed E-state index contributed by atoms with van der Waals surface area (Å²) in [5.41, 5.74) is 2.28. The Morgan fingerprint density at radius 1 is 1.15 bits per heavy atom. The van der Waals surface area contributed by atoms with Crippen molar-refractivity contribution in [2.45, 2.75) is 19.9 Å². The van der Waals surface area contributed by atoms with Crippen LogP contribution in [0.15, 0.2) is 42.5 Å². The number of aryl methyl sites for hydroxylation is 1. The molecule has 0 aliphatic carbocycles. The van der Waals surface area contributed by atoms with E-state index in [4.69, 9.17) is 11.6 Å². The highest BCUT2D eigenvalue weighted by Crippen LogP contribution is 2.31. The zero-order valence-corrected chi connectivity index (χ0v) is 19.7. The Labute approximate surface area is 198 Å². The van der Waals surface area contributed by atoms with Crippen molar-refractivity contribution in [2.75, 3.05) is 50.0 Å². The van der Waals surface area contributed by atoms with E-state index >= 15 is 0 Å². The number of hydrogen-bond acceptors (Lipinski definition) is 6. The Balaban J connectivity index is 1.54. The van der Waals surface area contributed by atoms with Crippen LogP contribution in [0.25, 0.3) is 0 Å². The van der Waals surface area contributed by atoms with Crippen LogP contribution in [0, 0.1) is 17.0 Å². The number of carbonyl (C=O) groups excluding carboxylic acids is 2. The van der Waals surface area contributed by atoms with Gasteiger partial charge in [-0.05, 0) is 38.1 Å². The molecule has 0 saturated carbocycles. The molecule has 1 atom stereocenters. The van der Waals surface area contributed by atoms with Crippen molar-refractivity contribution >= 4 is 40.5 Å². The number of piperazine rings is 1. The molecular weight excluding hydrogens is 446 g/mol. The summed E-state index contributed by atoms with van der Waals surface area (Å²) in [6.07, 6.45) is 0. The molecule has 2 amide bonds. The van der Waals surface area contributed by atoms with Crippen molar-refractivity contribution in [3.63, 3.8) is 0 Å². The minimum atomic E-state index is -0.434. The van der Waals surface area contributed by atoms with Gasteiger partial charge in [-0.1, -0.05) is 29.3 Å². The van der Waals surface area contributed by atoms with E-state index in [1.165, 1.54) is 11.0 Å². The van der Waals surface area contributed by atoms with Crippen molar-refractivity contribution in [1.82, 2.24) is 9.80 Å². The lowest BCUT2D eigenvalue weighted by Crippen LogP contribution is -2.54. The fourth-order valence-electron chi connectivity index (χ4n) is 3.87. The molecule has 1 fully saturated rings. The van der Waals surface area contributed by atoms with Gasteiger partial charge in [0.15, 0.2) is 0 Å². The van der Waals surface area contributed by atoms with E-state index in [0.29, 0.717) is 42.6 Å². The first-order valence-corrected chi connectivity index (χ1v) is 11.1. The first kappa shape index (κ1) is 24.5. The third-order valence-corrected chi connectivity index (χ3v) is 6.02. The van der Waals surface area contributed by atoms with Crippen molar-refractivity contribution < 1.29 is 14.5 Å². The summed E-state index contributed by atoms with van der Waals surface area (Å²) in [5, 5.41) is 14.5.